The number of piperidine rings is 1. The van der Waals surface area contributed by atoms with Crippen molar-refractivity contribution in [2.75, 3.05) is 25.9 Å². The highest BCUT2D eigenvalue weighted by atomic mass is 32.2. The van der Waals surface area contributed by atoms with E-state index in [4.69, 9.17) is 0 Å². The van der Waals surface area contributed by atoms with Gasteiger partial charge in [-0.15, -0.1) is 0 Å². The van der Waals surface area contributed by atoms with Gasteiger partial charge in [-0.2, -0.15) is 0 Å². The Labute approximate surface area is 184 Å². The van der Waals surface area contributed by atoms with Gasteiger partial charge in [0.2, 0.25) is 0 Å². The number of guanidine groups is 1. The van der Waals surface area contributed by atoms with Crippen molar-refractivity contribution in [1.82, 2.24) is 15.5 Å². The summed E-state index contributed by atoms with van der Waals surface area (Å²) < 4.78 is 12.2. The second-order valence-electron chi connectivity index (χ2n) is 8.55. The van der Waals surface area contributed by atoms with E-state index in [-0.39, 0.29) is 6.10 Å². The standard InChI is InChI=1S/C23H38N4O2S/c1-3-30(29)22-6-4-5-20(15-22)26-23(24-2)25-16-18-7-9-19(10-8-18)17-27-13-11-21(28)12-14-27/h7-10,20-22,28H,3-6,11-17H2,1-2H3,(H2,24,25,26). The molecular formula is C23H38N4O2S. The molecule has 0 amide bonds. The van der Waals surface area contributed by atoms with Gasteiger partial charge in [-0.05, 0) is 43.2 Å². The molecule has 1 heterocycles. The van der Waals surface area contributed by atoms with Crippen LogP contribution in [0.15, 0.2) is 29.3 Å². The number of aliphatic hydroxyl groups is 1. The lowest BCUT2D eigenvalue weighted by Crippen LogP contribution is -2.46. The van der Waals surface area contributed by atoms with Crippen LogP contribution >= 0.6 is 0 Å². The topological polar surface area (TPSA) is 77.0 Å². The maximum Gasteiger partial charge on any atom is 0.191 e. The molecule has 2 aliphatic rings. The lowest BCUT2D eigenvalue weighted by Gasteiger charge is -2.30. The van der Waals surface area contributed by atoms with E-state index in [1.54, 1.807) is 7.05 Å². The largest absolute Gasteiger partial charge is 0.393 e. The van der Waals surface area contributed by atoms with Gasteiger partial charge in [0, 0.05) is 61.1 Å². The van der Waals surface area contributed by atoms with Crippen molar-refractivity contribution in [1.29, 1.82) is 0 Å². The number of nitrogens with one attached hydrogen (secondary N) is 2. The highest BCUT2D eigenvalue weighted by molar-refractivity contribution is 7.85. The smallest absolute Gasteiger partial charge is 0.191 e. The quantitative estimate of drug-likeness (QED) is 0.454. The maximum atomic E-state index is 12.2. The van der Waals surface area contributed by atoms with Crippen LogP contribution < -0.4 is 10.6 Å². The lowest BCUT2D eigenvalue weighted by atomic mass is 9.95. The summed E-state index contributed by atoms with van der Waals surface area (Å²) in [5, 5.41) is 16.9. The highest BCUT2D eigenvalue weighted by Crippen LogP contribution is 2.23. The average molecular weight is 435 g/mol. The van der Waals surface area contributed by atoms with Crippen molar-refractivity contribution in [3.63, 3.8) is 0 Å². The fourth-order valence-electron chi connectivity index (χ4n) is 4.42. The molecular weight excluding hydrogens is 396 g/mol. The molecule has 168 valence electrons. The van der Waals surface area contributed by atoms with Crippen LogP contribution in [0.25, 0.3) is 0 Å². The Morgan fingerprint density at radius 2 is 1.87 bits per heavy atom. The first kappa shape index (κ1) is 23.2. The molecule has 7 heteroatoms. The minimum atomic E-state index is -0.708. The number of hydrogen-bond acceptors (Lipinski definition) is 4. The maximum absolute atomic E-state index is 12.2. The number of aliphatic hydroxyl groups excluding tert-OH is 1. The molecule has 2 fully saturated rings. The van der Waals surface area contributed by atoms with Crippen molar-refractivity contribution in [2.24, 2.45) is 4.99 Å². The van der Waals surface area contributed by atoms with Gasteiger partial charge >= 0.3 is 0 Å². The minimum absolute atomic E-state index is 0.119. The van der Waals surface area contributed by atoms with Crippen LogP contribution in [0, 0.1) is 0 Å². The molecule has 3 atom stereocenters. The van der Waals surface area contributed by atoms with Gasteiger partial charge in [0.25, 0.3) is 0 Å². The van der Waals surface area contributed by atoms with Gasteiger partial charge in [-0.3, -0.25) is 14.1 Å². The first-order chi connectivity index (χ1) is 14.6. The molecule has 3 rings (SSSR count). The molecule has 0 bridgehead atoms. The monoisotopic (exact) mass is 434 g/mol. The second kappa shape index (κ2) is 11.8. The fraction of sp³-hybridized carbons (Fsp3) is 0.696. The van der Waals surface area contributed by atoms with Gasteiger partial charge < -0.3 is 15.7 Å². The van der Waals surface area contributed by atoms with E-state index < -0.39 is 10.8 Å². The number of rotatable bonds is 7. The van der Waals surface area contributed by atoms with E-state index >= 15 is 0 Å². The van der Waals surface area contributed by atoms with Crippen molar-refractivity contribution < 1.29 is 9.32 Å². The molecule has 0 spiro atoms. The Balaban J connectivity index is 1.44. The molecule has 3 N–H and O–H groups in total. The number of hydrogen-bond donors (Lipinski definition) is 3. The fourth-order valence-corrected chi connectivity index (χ4v) is 5.77. The van der Waals surface area contributed by atoms with E-state index in [2.05, 4.69) is 44.8 Å². The van der Waals surface area contributed by atoms with Crippen LogP contribution in [0.5, 0.6) is 0 Å². The van der Waals surface area contributed by atoms with Gasteiger partial charge in [0.05, 0.1) is 6.10 Å². The van der Waals surface area contributed by atoms with E-state index in [1.807, 2.05) is 6.92 Å². The van der Waals surface area contributed by atoms with Crippen LogP contribution in [0.3, 0.4) is 0 Å². The summed E-state index contributed by atoms with van der Waals surface area (Å²) in [6.45, 7) is 5.63. The summed E-state index contributed by atoms with van der Waals surface area (Å²) in [5.74, 6) is 1.57. The zero-order valence-electron chi connectivity index (χ0n) is 18.5. The van der Waals surface area contributed by atoms with E-state index in [1.165, 1.54) is 11.1 Å². The molecule has 0 aromatic heterocycles. The molecule has 1 aromatic carbocycles. The number of likely N-dealkylation sites (tertiary alicyclic amines) is 1. The summed E-state index contributed by atoms with van der Waals surface area (Å²) in [6.07, 6.45) is 5.92. The summed E-state index contributed by atoms with van der Waals surface area (Å²) >= 11 is 0. The Bertz CT molecular complexity index is 702. The molecule has 1 aliphatic heterocycles. The lowest BCUT2D eigenvalue weighted by molar-refractivity contribution is 0.0792. The van der Waals surface area contributed by atoms with Crippen molar-refractivity contribution in [2.45, 2.75) is 75.9 Å². The molecule has 1 saturated heterocycles. The van der Waals surface area contributed by atoms with Crippen LogP contribution in [0.1, 0.15) is 56.6 Å². The molecule has 1 saturated carbocycles. The Morgan fingerprint density at radius 1 is 1.17 bits per heavy atom. The van der Waals surface area contributed by atoms with Gasteiger partial charge in [0.1, 0.15) is 0 Å². The number of nitrogens with zero attached hydrogens (tertiary/aromatic N) is 2. The van der Waals surface area contributed by atoms with E-state index in [9.17, 15) is 9.32 Å². The van der Waals surface area contributed by atoms with Gasteiger partial charge in [-0.1, -0.05) is 37.6 Å². The average Bonchev–Trinajstić information content (AvgIpc) is 2.78. The second-order valence-corrected chi connectivity index (χ2v) is 10.6. The number of aliphatic imine (C=N–C) groups is 1. The molecule has 6 nitrogen and oxygen atoms in total. The van der Waals surface area contributed by atoms with Crippen molar-refractivity contribution in [3.05, 3.63) is 35.4 Å². The summed E-state index contributed by atoms with van der Waals surface area (Å²) in [4.78, 5) is 6.79. The Morgan fingerprint density at radius 3 is 2.53 bits per heavy atom. The molecule has 3 unspecified atom stereocenters. The first-order valence-corrected chi connectivity index (χ1v) is 12.8. The summed E-state index contributed by atoms with van der Waals surface area (Å²) in [7, 11) is 1.10. The molecule has 1 aliphatic carbocycles. The highest BCUT2D eigenvalue weighted by Gasteiger charge is 2.26. The van der Waals surface area contributed by atoms with Crippen molar-refractivity contribution in [3.8, 4) is 0 Å². The van der Waals surface area contributed by atoms with Crippen LogP contribution in [0.4, 0.5) is 0 Å². The van der Waals surface area contributed by atoms with Crippen LogP contribution in [-0.4, -0.2) is 63.5 Å². The summed E-state index contributed by atoms with van der Waals surface area (Å²) in [6, 6.07) is 9.09. The zero-order chi connectivity index (χ0) is 21.3. The SMILES string of the molecule is CCS(=O)C1CCCC(NC(=NC)NCc2ccc(CN3CCC(O)CC3)cc2)C1. The van der Waals surface area contributed by atoms with Crippen LogP contribution in [-0.2, 0) is 23.9 Å². The first-order valence-electron chi connectivity index (χ1n) is 11.4. The third-order valence-corrected chi connectivity index (χ3v) is 8.03. The molecule has 1 aromatic rings. The molecule has 30 heavy (non-hydrogen) atoms. The molecule has 0 radical (unpaired) electrons. The van der Waals surface area contributed by atoms with Gasteiger partial charge in [0.15, 0.2) is 5.96 Å². The summed E-state index contributed by atoms with van der Waals surface area (Å²) in [5.41, 5.74) is 2.54. The van der Waals surface area contributed by atoms with Gasteiger partial charge in [-0.25, -0.2) is 0 Å². The van der Waals surface area contributed by atoms with E-state index in [0.29, 0.717) is 11.3 Å². The van der Waals surface area contributed by atoms with Crippen molar-refractivity contribution >= 4 is 16.8 Å². The number of benzene rings is 1. The Kier molecular flexibility index (Phi) is 9.15. The predicted molar refractivity (Wildman–Crippen MR) is 125 cm³/mol. The minimum Gasteiger partial charge on any atom is -0.393 e. The Hall–Kier alpha value is -1.44. The van der Waals surface area contributed by atoms with Crippen LogP contribution in [0.2, 0.25) is 0 Å². The predicted octanol–water partition coefficient (Wildman–Crippen LogP) is 2.39. The third kappa shape index (κ3) is 7.06. The van der Waals surface area contributed by atoms with E-state index in [0.717, 1.165) is 76.4 Å². The normalized spacial score (nSPS) is 25.1. The zero-order valence-corrected chi connectivity index (χ0v) is 19.3. The third-order valence-electron chi connectivity index (χ3n) is 6.29.